The number of primary amides is 1. The number of hydrogen-bond acceptors (Lipinski definition) is 7. The summed E-state index contributed by atoms with van der Waals surface area (Å²) in [6.45, 7) is 3.81. The zero-order valence-electron chi connectivity index (χ0n) is 13.8. The number of carbonyl (C=O) groups is 2. The maximum Gasteiger partial charge on any atom is 0.407 e. The van der Waals surface area contributed by atoms with Crippen LogP contribution in [0.25, 0.3) is 0 Å². The summed E-state index contributed by atoms with van der Waals surface area (Å²) >= 11 is 0. The quantitative estimate of drug-likeness (QED) is 0.674. The number of aryl methyl sites for hydroxylation is 1. The maximum absolute atomic E-state index is 11.3. The van der Waals surface area contributed by atoms with Crippen molar-refractivity contribution >= 4 is 23.8 Å². The van der Waals surface area contributed by atoms with Crippen LogP contribution >= 0.6 is 0 Å². The Morgan fingerprint density at radius 1 is 1.38 bits per heavy atom. The molecule has 132 valence electrons. The number of ether oxygens (including phenoxy) is 1. The normalized spacial score (nSPS) is 15.1. The van der Waals surface area contributed by atoms with Crippen LogP contribution in [-0.4, -0.2) is 48.2 Å². The largest absolute Gasteiger partial charge is 0.439 e. The van der Waals surface area contributed by atoms with Crippen LogP contribution in [0.4, 0.5) is 16.6 Å². The molecule has 0 unspecified atom stereocenters. The fraction of sp³-hybridized carbons (Fsp3) is 0.600. The third-order valence-electron chi connectivity index (χ3n) is 3.96. The highest BCUT2D eigenvalue weighted by Gasteiger charge is 2.20. The lowest BCUT2D eigenvalue weighted by atomic mass is 9.93. The van der Waals surface area contributed by atoms with E-state index in [1.165, 1.54) is 0 Å². The first-order chi connectivity index (χ1) is 11.4. The van der Waals surface area contributed by atoms with Gasteiger partial charge < -0.3 is 26.4 Å². The lowest BCUT2D eigenvalue weighted by Gasteiger charge is -2.33. The lowest BCUT2D eigenvalue weighted by Crippen LogP contribution is -2.36. The first-order valence-electron chi connectivity index (χ1n) is 7.99. The molecule has 1 saturated heterocycles. The predicted molar refractivity (Wildman–Crippen MR) is 89.3 cm³/mol. The molecule has 0 bridgehead atoms. The molecule has 0 radical (unpaired) electrons. The van der Waals surface area contributed by atoms with Crippen LogP contribution in [0.15, 0.2) is 6.07 Å². The molecule has 0 saturated carbocycles. The smallest absolute Gasteiger partial charge is 0.407 e. The number of alkyl carbamates (subject to hydrolysis) is 1. The minimum atomic E-state index is -0.668. The summed E-state index contributed by atoms with van der Waals surface area (Å²) in [5.41, 5.74) is 11.5. The van der Waals surface area contributed by atoms with Gasteiger partial charge in [-0.3, -0.25) is 4.79 Å². The van der Waals surface area contributed by atoms with Gasteiger partial charge in [0, 0.05) is 31.4 Å². The molecule has 1 aromatic rings. The average molecular weight is 336 g/mol. The third-order valence-corrected chi connectivity index (χ3v) is 3.96. The number of nitrogens with two attached hydrogens (primary N) is 2. The van der Waals surface area contributed by atoms with Crippen LogP contribution in [-0.2, 0) is 9.53 Å². The minimum absolute atomic E-state index is 0.297. The van der Waals surface area contributed by atoms with Gasteiger partial charge in [0.2, 0.25) is 5.95 Å². The Bertz CT molecular complexity index is 566. The van der Waals surface area contributed by atoms with Gasteiger partial charge in [0.25, 0.3) is 5.91 Å². The molecule has 2 rings (SSSR count). The Hall–Kier alpha value is -2.58. The Morgan fingerprint density at radius 3 is 2.71 bits per heavy atom. The SMILES string of the molecule is Cc1cc(N2CCC(CCNC(=O)OCC(N)=O)CC2)nc(N)n1. The molecule has 9 nitrogen and oxygen atoms in total. The molecular formula is C15H24N6O3. The molecule has 2 heterocycles. The zero-order chi connectivity index (χ0) is 17.5. The molecule has 24 heavy (non-hydrogen) atoms. The van der Waals surface area contributed by atoms with E-state index < -0.39 is 18.6 Å². The molecule has 5 N–H and O–H groups in total. The number of hydrogen-bond donors (Lipinski definition) is 3. The van der Waals surface area contributed by atoms with Gasteiger partial charge in [0.15, 0.2) is 6.61 Å². The van der Waals surface area contributed by atoms with Crippen LogP contribution in [0.2, 0.25) is 0 Å². The van der Waals surface area contributed by atoms with E-state index in [4.69, 9.17) is 11.5 Å². The number of nitrogen functional groups attached to an aromatic ring is 1. The second kappa shape index (κ2) is 8.32. The predicted octanol–water partition coefficient (Wildman–Crippen LogP) is 0.185. The van der Waals surface area contributed by atoms with Crippen LogP contribution in [0.3, 0.4) is 0 Å². The minimum Gasteiger partial charge on any atom is -0.439 e. The summed E-state index contributed by atoms with van der Waals surface area (Å²) in [5, 5.41) is 2.62. The van der Waals surface area contributed by atoms with Gasteiger partial charge in [-0.25, -0.2) is 9.78 Å². The molecule has 1 fully saturated rings. The molecule has 0 spiro atoms. The van der Waals surface area contributed by atoms with Crippen LogP contribution in [0, 0.1) is 12.8 Å². The van der Waals surface area contributed by atoms with Crippen molar-refractivity contribution in [3.63, 3.8) is 0 Å². The van der Waals surface area contributed by atoms with Gasteiger partial charge in [-0.05, 0) is 32.1 Å². The van der Waals surface area contributed by atoms with E-state index in [9.17, 15) is 9.59 Å². The third kappa shape index (κ3) is 5.56. The van der Waals surface area contributed by atoms with Crippen LogP contribution in [0.5, 0.6) is 0 Å². The average Bonchev–Trinajstić information content (AvgIpc) is 2.52. The summed E-state index contributed by atoms with van der Waals surface area (Å²) in [7, 11) is 0. The Labute approximate surface area is 140 Å². The Morgan fingerprint density at radius 2 is 2.08 bits per heavy atom. The van der Waals surface area contributed by atoms with Gasteiger partial charge in [0.1, 0.15) is 5.82 Å². The van der Waals surface area contributed by atoms with Crippen molar-refractivity contribution in [1.29, 1.82) is 0 Å². The first kappa shape index (κ1) is 17.8. The van der Waals surface area contributed by atoms with E-state index in [1.54, 1.807) is 0 Å². The number of aromatic nitrogens is 2. The van der Waals surface area contributed by atoms with E-state index in [0.717, 1.165) is 43.9 Å². The number of nitrogens with zero attached hydrogens (tertiary/aromatic N) is 3. The summed E-state index contributed by atoms with van der Waals surface area (Å²) in [6.07, 6.45) is 2.28. The maximum atomic E-state index is 11.3. The topological polar surface area (TPSA) is 136 Å². The highest BCUT2D eigenvalue weighted by Crippen LogP contribution is 2.24. The number of piperidine rings is 1. The number of nitrogens with one attached hydrogen (secondary N) is 1. The van der Waals surface area contributed by atoms with E-state index in [2.05, 4.69) is 24.9 Å². The van der Waals surface area contributed by atoms with E-state index in [-0.39, 0.29) is 0 Å². The lowest BCUT2D eigenvalue weighted by molar-refractivity contribution is -0.120. The second-order valence-electron chi connectivity index (χ2n) is 5.91. The molecule has 9 heteroatoms. The first-order valence-corrected chi connectivity index (χ1v) is 7.99. The van der Waals surface area contributed by atoms with Gasteiger partial charge >= 0.3 is 6.09 Å². The molecule has 2 amide bonds. The highest BCUT2D eigenvalue weighted by molar-refractivity contribution is 5.78. The van der Waals surface area contributed by atoms with Gasteiger partial charge in [-0.15, -0.1) is 0 Å². The van der Waals surface area contributed by atoms with E-state index >= 15 is 0 Å². The van der Waals surface area contributed by atoms with Crippen molar-refractivity contribution in [3.05, 3.63) is 11.8 Å². The van der Waals surface area contributed by atoms with Gasteiger partial charge in [-0.1, -0.05) is 0 Å². The Kier molecular flexibility index (Phi) is 6.16. The highest BCUT2D eigenvalue weighted by atomic mass is 16.6. The van der Waals surface area contributed by atoms with Crippen molar-refractivity contribution in [2.45, 2.75) is 26.2 Å². The molecule has 0 atom stereocenters. The fourth-order valence-corrected chi connectivity index (χ4v) is 2.75. The van der Waals surface area contributed by atoms with Crippen LogP contribution < -0.4 is 21.7 Å². The molecule has 1 aliphatic rings. The van der Waals surface area contributed by atoms with E-state index in [0.29, 0.717) is 18.4 Å². The summed E-state index contributed by atoms with van der Waals surface area (Å²) < 4.78 is 4.63. The molecular weight excluding hydrogens is 312 g/mol. The molecule has 0 aromatic carbocycles. The van der Waals surface area contributed by atoms with Crippen molar-refractivity contribution in [2.24, 2.45) is 11.7 Å². The zero-order valence-corrected chi connectivity index (χ0v) is 13.8. The van der Waals surface area contributed by atoms with Crippen molar-refractivity contribution in [2.75, 3.05) is 36.9 Å². The summed E-state index contributed by atoms with van der Waals surface area (Å²) in [4.78, 5) is 32.4. The van der Waals surface area contributed by atoms with Crippen molar-refractivity contribution < 1.29 is 14.3 Å². The van der Waals surface area contributed by atoms with Crippen molar-refractivity contribution in [1.82, 2.24) is 15.3 Å². The summed E-state index contributed by atoms with van der Waals surface area (Å²) in [5.74, 6) is 1.02. The Balaban J connectivity index is 1.69. The molecule has 1 aliphatic heterocycles. The fourth-order valence-electron chi connectivity index (χ4n) is 2.75. The van der Waals surface area contributed by atoms with Gasteiger partial charge in [-0.2, -0.15) is 4.98 Å². The van der Waals surface area contributed by atoms with Gasteiger partial charge in [0.05, 0.1) is 0 Å². The van der Waals surface area contributed by atoms with E-state index in [1.807, 2.05) is 13.0 Å². The second-order valence-corrected chi connectivity index (χ2v) is 5.91. The number of rotatable bonds is 6. The summed E-state index contributed by atoms with van der Waals surface area (Å²) in [6, 6.07) is 1.94. The monoisotopic (exact) mass is 336 g/mol. The number of carbonyl (C=O) groups excluding carboxylic acids is 2. The number of anilines is 2. The van der Waals surface area contributed by atoms with Crippen molar-refractivity contribution in [3.8, 4) is 0 Å². The van der Waals surface area contributed by atoms with Crippen LogP contribution in [0.1, 0.15) is 25.0 Å². The molecule has 1 aromatic heterocycles. The standard InChI is InChI=1S/C15H24N6O3/c1-10-8-13(20-14(17)19-10)21-6-3-11(4-7-21)2-5-18-15(23)24-9-12(16)22/h8,11H,2-7,9H2,1H3,(H2,16,22)(H,18,23)(H2,17,19,20). The number of amides is 2. The molecule has 0 aliphatic carbocycles.